The van der Waals surface area contributed by atoms with Crippen LogP contribution in [0, 0.1) is 0 Å². The fourth-order valence-electron chi connectivity index (χ4n) is 5.44. The first-order chi connectivity index (χ1) is 17.3. The molecule has 3 unspecified atom stereocenters. The lowest BCUT2D eigenvalue weighted by molar-refractivity contribution is -0.0536. The van der Waals surface area contributed by atoms with Gasteiger partial charge in [0.25, 0.3) is 0 Å². The quantitative estimate of drug-likeness (QED) is 0.211. The fraction of sp³-hybridized carbons (Fsp3) is 1.00. The van der Waals surface area contributed by atoms with Crippen LogP contribution in [0.3, 0.4) is 0 Å². The van der Waals surface area contributed by atoms with Gasteiger partial charge in [-0.1, -0.05) is 13.8 Å². The molecule has 1 aliphatic rings. The van der Waals surface area contributed by atoms with E-state index in [0.29, 0.717) is 39.6 Å². The molecule has 0 aromatic carbocycles. The third kappa shape index (κ3) is 8.54. The maximum absolute atomic E-state index is 6.51. The third-order valence-corrected chi connectivity index (χ3v) is 14.1. The van der Waals surface area contributed by atoms with E-state index in [-0.39, 0.29) is 17.5 Å². The zero-order valence-corrected chi connectivity index (χ0v) is 27.0. The summed E-state index contributed by atoms with van der Waals surface area (Å²) in [7, 11) is -4.03. The molecule has 1 heterocycles. The second-order valence-electron chi connectivity index (χ2n) is 9.07. The van der Waals surface area contributed by atoms with Crippen LogP contribution in [0.1, 0.15) is 75.2 Å². The van der Waals surface area contributed by atoms with Crippen molar-refractivity contribution in [2.75, 3.05) is 72.9 Å². The molecule has 0 aromatic heterocycles. The van der Waals surface area contributed by atoms with Crippen molar-refractivity contribution in [2.45, 2.75) is 92.7 Å². The second kappa shape index (κ2) is 17.6. The molecule has 1 fully saturated rings. The Kier molecular flexibility index (Phi) is 16.7. The standard InChI is InChI=1S/C25H57N3O6Si2/c1-11-24(35(29-13-3,30-14-4)31-15-5)28(23(9)27-21-19-26(10)20-22-27)25(12-2)36(32-16-6,33-17-7)34-18-8/h23-25H,11-22H2,1-10H3. The van der Waals surface area contributed by atoms with Crippen molar-refractivity contribution in [3.63, 3.8) is 0 Å². The maximum atomic E-state index is 6.51. The van der Waals surface area contributed by atoms with Crippen LogP contribution in [-0.2, 0) is 26.6 Å². The molecule has 36 heavy (non-hydrogen) atoms. The van der Waals surface area contributed by atoms with Gasteiger partial charge in [-0.05, 0) is 68.4 Å². The lowest BCUT2D eigenvalue weighted by Crippen LogP contribution is -2.74. The topological polar surface area (TPSA) is 65.1 Å². The van der Waals surface area contributed by atoms with Crippen molar-refractivity contribution >= 4 is 17.6 Å². The third-order valence-electron chi connectivity index (χ3n) is 6.88. The van der Waals surface area contributed by atoms with Gasteiger partial charge in [0.1, 0.15) is 0 Å². The Balaban J connectivity index is 3.75. The molecule has 216 valence electrons. The van der Waals surface area contributed by atoms with Crippen LogP contribution in [-0.4, -0.2) is 123 Å². The van der Waals surface area contributed by atoms with E-state index < -0.39 is 17.6 Å². The maximum Gasteiger partial charge on any atom is 0.519 e. The van der Waals surface area contributed by atoms with Gasteiger partial charge in [-0.15, -0.1) is 0 Å². The molecule has 1 rings (SSSR count). The molecular formula is C25H57N3O6Si2. The van der Waals surface area contributed by atoms with Crippen LogP contribution >= 0.6 is 0 Å². The Hall–Kier alpha value is 0.0738. The van der Waals surface area contributed by atoms with Crippen LogP contribution in [0.25, 0.3) is 0 Å². The first kappa shape index (κ1) is 34.1. The van der Waals surface area contributed by atoms with E-state index in [4.69, 9.17) is 26.6 Å². The molecule has 0 aliphatic carbocycles. The molecule has 9 nitrogen and oxygen atoms in total. The highest BCUT2D eigenvalue weighted by Crippen LogP contribution is 2.33. The molecule has 3 atom stereocenters. The Morgan fingerprint density at radius 2 is 0.889 bits per heavy atom. The summed E-state index contributed by atoms with van der Waals surface area (Å²) in [4.78, 5) is 7.52. The van der Waals surface area contributed by atoms with Gasteiger partial charge in [-0.25, -0.2) is 0 Å². The monoisotopic (exact) mass is 551 g/mol. The second-order valence-corrected chi connectivity index (χ2v) is 14.6. The summed E-state index contributed by atoms with van der Waals surface area (Å²) >= 11 is 0. The smallest absolute Gasteiger partial charge is 0.373 e. The van der Waals surface area contributed by atoms with Gasteiger partial charge in [0.15, 0.2) is 0 Å². The molecule has 0 N–H and O–H groups in total. The van der Waals surface area contributed by atoms with Crippen molar-refractivity contribution in [2.24, 2.45) is 0 Å². The van der Waals surface area contributed by atoms with E-state index in [9.17, 15) is 0 Å². The van der Waals surface area contributed by atoms with Crippen molar-refractivity contribution in [1.82, 2.24) is 14.7 Å². The lowest BCUT2D eigenvalue weighted by atomic mass is 10.2. The van der Waals surface area contributed by atoms with E-state index in [1.165, 1.54) is 0 Å². The van der Waals surface area contributed by atoms with Gasteiger partial charge in [-0.2, -0.15) is 0 Å². The summed E-state index contributed by atoms with van der Waals surface area (Å²) in [5.41, 5.74) is -0.129. The Morgan fingerprint density at radius 3 is 1.14 bits per heavy atom. The summed E-state index contributed by atoms with van der Waals surface area (Å²) in [5.74, 6) is 0. The van der Waals surface area contributed by atoms with Crippen LogP contribution in [0.5, 0.6) is 0 Å². The molecule has 0 aromatic rings. The lowest BCUT2D eigenvalue weighted by Gasteiger charge is -2.52. The van der Waals surface area contributed by atoms with Crippen LogP contribution in [0.2, 0.25) is 0 Å². The van der Waals surface area contributed by atoms with Crippen LogP contribution < -0.4 is 0 Å². The fourth-order valence-corrected chi connectivity index (χ4v) is 12.2. The molecule has 0 radical (unpaired) electrons. The van der Waals surface area contributed by atoms with Gasteiger partial charge in [0.05, 0.1) is 17.5 Å². The number of rotatable bonds is 20. The van der Waals surface area contributed by atoms with E-state index in [0.717, 1.165) is 39.0 Å². The largest absolute Gasteiger partial charge is 0.519 e. The highest BCUT2D eigenvalue weighted by molar-refractivity contribution is 6.64. The van der Waals surface area contributed by atoms with Crippen molar-refractivity contribution in [1.29, 1.82) is 0 Å². The van der Waals surface area contributed by atoms with Gasteiger partial charge < -0.3 is 31.5 Å². The molecule has 0 spiro atoms. The number of likely N-dealkylation sites (N-methyl/N-ethyl adjacent to an activating group) is 1. The van der Waals surface area contributed by atoms with Gasteiger partial charge in [0.2, 0.25) is 0 Å². The minimum atomic E-state index is -3.11. The predicted molar refractivity (Wildman–Crippen MR) is 150 cm³/mol. The van der Waals surface area contributed by atoms with Gasteiger partial charge in [0, 0.05) is 65.8 Å². The normalized spacial score (nSPS) is 19.1. The zero-order valence-electron chi connectivity index (χ0n) is 25.0. The average molecular weight is 552 g/mol. The molecule has 1 saturated heterocycles. The Morgan fingerprint density at radius 1 is 0.583 bits per heavy atom. The van der Waals surface area contributed by atoms with E-state index in [2.05, 4.69) is 42.5 Å². The van der Waals surface area contributed by atoms with E-state index in [1.54, 1.807) is 0 Å². The van der Waals surface area contributed by atoms with Crippen molar-refractivity contribution in [3.05, 3.63) is 0 Å². The zero-order chi connectivity index (χ0) is 27.2. The molecule has 0 bridgehead atoms. The first-order valence-corrected chi connectivity index (χ1v) is 17.9. The van der Waals surface area contributed by atoms with Crippen molar-refractivity contribution < 1.29 is 26.6 Å². The highest BCUT2D eigenvalue weighted by Gasteiger charge is 2.60. The van der Waals surface area contributed by atoms with Crippen molar-refractivity contribution in [3.8, 4) is 0 Å². The highest BCUT2D eigenvalue weighted by atomic mass is 28.4. The van der Waals surface area contributed by atoms with Crippen LogP contribution in [0.15, 0.2) is 0 Å². The minimum Gasteiger partial charge on any atom is -0.373 e. The van der Waals surface area contributed by atoms with Crippen LogP contribution in [0.4, 0.5) is 0 Å². The summed E-state index contributed by atoms with van der Waals surface area (Å²) in [6, 6.07) is 0. The average Bonchev–Trinajstić information content (AvgIpc) is 2.85. The summed E-state index contributed by atoms with van der Waals surface area (Å²) < 4.78 is 39.0. The minimum absolute atomic E-state index is 0.0646. The summed E-state index contributed by atoms with van der Waals surface area (Å²) in [6.07, 6.45) is 1.76. The molecule has 1 aliphatic heterocycles. The predicted octanol–water partition coefficient (Wildman–Crippen LogP) is 3.61. The number of hydrogen-bond donors (Lipinski definition) is 0. The molecule has 0 amide bonds. The van der Waals surface area contributed by atoms with Gasteiger partial charge in [-0.3, -0.25) is 9.80 Å². The Bertz CT molecular complexity index is 504. The van der Waals surface area contributed by atoms with E-state index >= 15 is 0 Å². The Labute approximate surface area is 224 Å². The number of piperazine rings is 1. The molecular weight excluding hydrogens is 494 g/mol. The number of hydrogen-bond acceptors (Lipinski definition) is 9. The molecule has 11 heteroatoms. The number of nitrogens with zero attached hydrogens (tertiary/aromatic N) is 3. The summed E-state index contributed by atoms with van der Waals surface area (Å²) in [6.45, 7) is 26.2. The summed E-state index contributed by atoms with van der Waals surface area (Å²) in [5, 5.41) is 0. The van der Waals surface area contributed by atoms with Gasteiger partial charge >= 0.3 is 17.6 Å². The molecule has 0 saturated carbocycles. The van der Waals surface area contributed by atoms with E-state index in [1.807, 2.05) is 41.5 Å². The first-order valence-electron chi connectivity index (χ1n) is 14.3. The SMILES string of the molecule is CCO[Si](OCC)(OCC)C(CC)N(C(C)N1CCN(C)CC1)C(CC)[Si](OCC)(OCC)OCC.